The molecule has 1 aliphatic carbocycles. The lowest BCUT2D eigenvalue weighted by Crippen LogP contribution is -2.64. The number of piperidine rings is 1. The molecule has 4 fully saturated rings. The van der Waals surface area contributed by atoms with Gasteiger partial charge in [-0.2, -0.15) is 0 Å². The molecule has 33 heavy (non-hydrogen) atoms. The van der Waals surface area contributed by atoms with Crippen LogP contribution < -0.4 is 32.1 Å². The summed E-state index contributed by atoms with van der Waals surface area (Å²) in [6.45, 7) is 9.49. The number of rotatable bonds is 7. The monoisotopic (exact) mass is 467 g/mol. The standard InChI is InChI=1S/C24H46FN7O/c1-24(2,3)29-23(27-20-15-19(30-31-20)16-6-8-18(25)9-7-16)28-22(33)17-10-11-26-21(14-17)32-12-4-5-13-32/h16-21,23,26-27,29-31H,4-15H2,1-3H3,(H,28,33). The molecule has 6 N–H and O–H groups in total. The van der Waals surface area contributed by atoms with Crippen LogP contribution >= 0.6 is 0 Å². The van der Waals surface area contributed by atoms with E-state index in [1.807, 2.05) is 0 Å². The second kappa shape index (κ2) is 11.3. The zero-order chi connectivity index (χ0) is 23.4. The first-order chi connectivity index (χ1) is 15.8. The lowest BCUT2D eigenvalue weighted by molar-refractivity contribution is -0.128. The lowest BCUT2D eigenvalue weighted by Gasteiger charge is -2.37. The van der Waals surface area contributed by atoms with Gasteiger partial charge in [0.15, 0.2) is 0 Å². The van der Waals surface area contributed by atoms with Crippen molar-refractivity contribution in [2.75, 3.05) is 19.6 Å². The molecule has 0 aromatic carbocycles. The van der Waals surface area contributed by atoms with Crippen molar-refractivity contribution >= 4 is 5.91 Å². The molecule has 0 aromatic rings. The number of halogens is 1. The number of carbonyl (C=O) groups is 1. The van der Waals surface area contributed by atoms with Crippen molar-refractivity contribution in [2.24, 2.45) is 11.8 Å². The minimum absolute atomic E-state index is 0.0289. The van der Waals surface area contributed by atoms with Gasteiger partial charge < -0.3 is 10.6 Å². The highest BCUT2D eigenvalue weighted by atomic mass is 19.1. The summed E-state index contributed by atoms with van der Waals surface area (Å²) in [6, 6.07) is 0.339. The molecule has 190 valence electrons. The van der Waals surface area contributed by atoms with Crippen LogP contribution in [-0.4, -0.2) is 66.8 Å². The average Bonchev–Trinajstić information content (AvgIpc) is 3.46. The van der Waals surface area contributed by atoms with Crippen molar-refractivity contribution < 1.29 is 9.18 Å². The number of carbonyl (C=O) groups excluding carboxylic acids is 1. The Bertz CT molecular complexity index is 631. The first-order valence-electron chi connectivity index (χ1n) is 13.2. The van der Waals surface area contributed by atoms with E-state index in [4.69, 9.17) is 0 Å². The summed E-state index contributed by atoms with van der Waals surface area (Å²) < 4.78 is 13.5. The van der Waals surface area contributed by atoms with Gasteiger partial charge in [0, 0.05) is 17.5 Å². The Morgan fingerprint density at radius 1 is 1.03 bits per heavy atom. The number of nitrogens with one attached hydrogen (secondary N) is 6. The Balaban J connectivity index is 1.30. The molecule has 4 rings (SSSR count). The fraction of sp³-hybridized carbons (Fsp3) is 0.958. The van der Waals surface area contributed by atoms with E-state index in [1.165, 1.54) is 12.8 Å². The van der Waals surface area contributed by atoms with E-state index < -0.39 is 6.17 Å². The Morgan fingerprint density at radius 3 is 2.45 bits per heavy atom. The third kappa shape index (κ3) is 7.32. The van der Waals surface area contributed by atoms with E-state index >= 15 is 0 Å². The largest absolute Gasteiger partial charge is 0.328 e. The topological polar surface area (TPSA) is 92.5 Å². The maximum Gasteiger partial charge on any atom is 0.225 e. The van der Waals surface area contributed by atoms with Gasteiger partial charge in [-0.1, -0.05) is 0 Å². The second-order valence-electron chi connectivity index (χ2n) is 11.6. The summed E-state index contributed by atoms with van der Waals surface area (Å²) in [5.41, 5.74) is 6.64. The van der Waals surface area contributed by atoms with Crippen LogP contribution in [0, 0.1) is 11.8 Å². The van der Waals surface area contributed by atoms with E-state index in [0.29, 0.717) is 31.0 Å². The maximum atomic E-state index is 13.5. The van der Waals surface area contributed by atoms with Crippen molar-refractivity contribution in [1.82, 2.24) is 37.0 Å². The van der Waals surface area contributed by atoms with Gasteiger partial charge in [0.2, 0.25) is 5.91 Å². The van der Waals surface area contributed by atoms with Gasteiger partial charge in [0.05, 0.1) is 12.3 Å². The molecule has 8 nitrogen and oxygen atoms in total. The molecule has 5 unspecified atom stereocenters. The molecular weight excluding hydrogens is 421 g/mol. The zero-order valence-corrected chi connectivity index (χ0v) is 20.8. The summed E-state index contributed by atoms with van der Waals surface area (Å²) >= 11 is 0. The van der Waals surface area contributed by atoms with Crippen LogP contribution in [0.5, 0.6) is 0 Å². The third-order valence-electron chi connectivity index (χ3n) is 7.77. The molecule has 3 saturated heterocycles. The number of nitrogens with zero attached hydrogens (tertiary/aromatic N) is 1. The predicted molar refractivity (Wildman–Crippen MR) is 129 cm³/mol. The summed E-state index contributed by atoms with van der Waals surface area (Å²) in [5.74, 6) is 0.664. The van der Waals surface area contributed by atoms with Crippen LogP contribution in [0.3, 0.4) is 0 Å². The molecule has 1 amide bonds. The van der Waals surface area contributed by atoms with E-state index in [-0.39, 0.29) is 29.8 Å². The second-order valence-corrected chi connectivity index (χ2v) is 11.6. The molecule has 5 atom stereocenters. The minimum Gasteiger partial charge on any atom is -0.328 e. The normalized spacial score (nSPS) is 37.2. The molecule has 9 heteroatoms. The van der Waals surface area contributed by atoms with Crippen LogP contribution in [-0.2, 0) is 4.79 Å². The number of hydrogen-bond acceptors (Lipinski definition) is 7. The van der Waals surface area contributed by atoms with Crippen molar-refractivity contribution in [3.05, 3.63) is 0 Å². The molecule has 3 heterocycles. The molecule has 0 bridgehead atoms. The lowest BCUT2D eigenvalue weighted by atomic mass is 9.82. The Morgan fingerprint density at radius 2 is 1.76 bits per heavy atom. The summed E-state index contributed by atoms with van der Waals surface area (Å²) in [4.78, 5) is 15.8. The van der Waals surface area contributed by atoms with Crippen LogP contribution in [0.1, 0.15) is 78.6 Å². The number of hydrazine groups is 1. The molecule has 3 aliphatic heterocycles. The maximum absolute atomic E-state index is 13.5. The van der Waals surface area contributed by atoms with Crippen molar-refractivity contribution in [1.29, 1.82) is 0 Å². The third-order valence-corrected chi connectivity index (χ3v) is 7.77. The van der Waals surface area contributed by atoms with Crippen molar-refractivity contribution in [2.45, 2.75) is 115 Å². The summed E-state index contributed by atoms with van der Waals surface area (Å²) in [7, 11) is 0. The molecule has 0 spiro atoms. The number of likely N-dealkylation sites (tertiary alicyclic amines) is 1. The SMILES string of the molecule is CC(C)(C)NC(NC(=O)C1CCNC(N2CCCC2)C1)NC1CC(C2CCC(F)CC2)NN1. The van der Waals surface area contributed by atoms with Gasteiger partial charge in [-0.3, -0.25) is 25.8 Å². The minimum atomic E-state index is -0.625. The van der Waals surface area contributed by atoms with Crippen LogP contribution in [0.2, 0.25) is 0 Å². The molecule has 1 saturated carbocycles. The molecule has 4 aliphatic rings. The van der Waals surface area contributed by atoms with E-state index in [2.05, 4.69) is 57.8 Å². The first kappa shape index (κ1) is 25.3. The fourth-order valence-electron chi connectivity index (χ4n) is 5.96. The zero-order valence-electron chi connectivity index (χ0n) is 20.8. The van der Waals surface area contributed by atoms with E-state index in [1.54, 1.807) is 0 Å². The van der Waals surface area contributed by atoms with Crippen molar-refractivity contribution in [3.8, 4) is 0 Å². The summed E-state index contributed by atoms with van der Waals surface area (Å²) in [6.07, 6.45) is 7.86. The highest BCUT2D eigenvalue weighted by Gasteiger charge is 2.36. The Labute approximate surface area is 198 Å². The van der Waals surface area contributed by atoms with Gasteiger partial charge in [0.1, 0.15) is 12.5 Å². The average molecular weight is 468 g/mol. The van der Waals surface area contributed by atoms with Gasteiger partial charge >= 0.3 is 0 Å². The molecule has 0 aromatic heterocycles. The number of amides is 1. The first-order valence-corrected chi connectivity index (χ1v) is 13.2. The van der Waals surface area contributed by atoms with Gasteiger partial charge in [0.25, 0.3) is 0 Å². The Kier molecular flexibility index (Phi) is 8.62. The molecule has 0 radical (unpaired) electrons. The smallest absolute Gasteiger partial charge is 0.225 e. The molecular formula is C24H46FN7O. The number of hydrogen-bond donors (Lipinski definition) is 6. The highest BCUT2D eigenvalue weighted by Crippen LogP contribution is 2.31. The Hall–Kier alpha value is -0.840. The van der Waals surface area contributed by atoms with Crippen molar-refractivity contribution in [3.63, 3.8) is 0 Å². The number of alkyl halides is 1. The van der Waals surface area contributed by atoms with Gasteiger partial charge in [-0.05, 0) is 104 Å². The van der Waals surface area contributed by atoms with Crippen LogP contribution in [0.4, 0.5) is 4.39 Å². The predicted octanol–water partition coefficient (Wildman–Crippen LogP) is 1.51. The quantitative estimate of drug-likeness (QED) is 0.316. The highest BCUT2D eigenvalue weighted by molar-refractivity contribution is 5.79. The van der Waals surface area contributed by atoms with Crippen LogP contribution in [0.15, 0.2) is 0 Å². The van der Waals surface area contributed by atoms with E-state index in [9.17, 15) is 9.18 Å². The van der Waals surface area contributed by atoms with E-state index in [0.717, 1.165) is 51.7 Å². The van der Waals surface area contributed by atoms with Gasteiger partial charge in [-0.25, -0.2) is 9.82 Å². The van der Waals surface area contributed by atoms with Gasteiger partial charge in [-0.15, -0.1) is 0 Å². The fourth-order valence-corrected chi connectivity index (χ4v) is 5.96. The summed E-state index contributed by atoms with van der Waals surface area (Å²) in [5, 5.41) is 14.0. The van der Waals surface area contributed by atoms with Crippen LogP contribution in [0.25, 0.3) is 0 Å².